The number of thioether (sulfide) groups is 1. The molecule has 0 saturated heterocycles. The highest BCUT2D eigenvalue weighted by atomic mass is 35.5. The smallest absolute Gasteiger partial charge is 0.0417 e. The van der Waals surface area contributed by atoms with Gasteiger partial charge < -0.3 is 11.1 Å². The normalized spacial score (nSPS) is 12.3. The van der Waals surface area contributed by atoms with Crippen molar-refractivity contribution in [2.75, 3.05) is 18.0 Å². The average Bonchev–Trinajstić information content (AvgIpc) is 2.47. The molecule has 3 N–H and O–H groups in total. The van der Waals surface area contributed by atoms with E-state index in [1.165, 1.54) is 4.90 Å². The number of hydrogen-bond acceptors (Lipinski definition) is 4. The van der Waals surface area contributed by atoms with Crippen molar-refractivity contribution in [3.63, 3.8) is 0 Å². The zero-order chi connectivity index (χ0) is 15.1. The van der Waals surface area contributed by atoms with Crippen LogP contribution in [0, 0.1) is 0 Å². The number of rotatable bonds is 7. The Balaban J connectivity index is 1.97. The van der Waals surface area contributed by atoms with Gasteiger partial charge in [0.2, 0.25) is 0 Å². The number of likely N-dealkylation sites (N-methyl/N-ethyl adjacent to an activating group) is 1. The molecule has 1 atom stereocenters. The molecule has 2 aromatic rings. The molecule has 0 aliphatic rings. The minimum atomic E-state index is 0.352. The van der Waals surface area contributed by atoms with Crippen LogP contribution in [0.3, 0.4) is 0 Å². The van der Waals surface area contributed by atoms with E-state index in [0.717, 1.165) is 35.0 Å². The lowest BCUT2D eigenvalue weighted by atomic mass is 10.1. The molecule has 0 amide bonds. The Bertz CT molecular complexity index is 577. The highest BCUT2D eigenvalue weighted by Crippen LogP contribution is 2.23. The second-order valence-electron chi connectivity index (χ2n) is 4.80. The Morgan fingerprint density at radius 1 is 1.38 bits per heavy atom. The second kappa shape index (κ2) is 8.27. The molecule has 2 rings (SSSR count). The van der Waals surface area contributed by atoms with Crippen molar-refractivity contribution < 1.29 is 0 Å². The fraction of sp³-hybridized carbons (Fsp3) is 0.312. The van der Waals surface area contributed by atoms with E-state index in [2.05, 4.69) is 23.3 Å². The quantitative estimate of drug-likeness (QED) is 0.765. The number of hydrogen-bond donors (Lipinski definition) is 2. The molecule has 112 valence electrons. The van der Waals surface area contributed by atoms with Crippen LogP contribution in [0.15, 0.2) is 47.6 Å². The Kier molecular flexibility index (Phi) is 6.36. The number of halogens is 1. The molecular weight excluding hydrogens is 302 g/mol. The molecule has 1 aromatic carbocycles. The number of benzene rings is 1. The predicted molar refractivity (Wildman–Crippen MR) is 92.0 cm³/mol. The lowest BCUT2D eigenvalue weighted by Gasteiger charge is -2.18. The van der Waals surface area contributed by atoms with Crippen molar-refractivity contribution in [2.45, 2.75) is 24.3 Å². The van der Waals surface area contributed by atoms with Crippen LogP contribution in [0.5, 0.6) is 0 Å². The molecule has 0 radical (unpaired) electrons. The Labute approximate surface area is 135 Å². The van der Waals surface area contributed by atoms with E-state index in [0.29, 0.717) is 6.04 Å². The van der Waals surface area contributed by atoms with Crippen molar-refractivity contribution in [2.24, 2.45) is 0 Å². The van der Waals surface area contributed by atoms with Crippen LogP contribution < -0.4 is 11.1 Å². The van der Waals surface area contributed by atoms with Crippen molar-refractivity contribution in [1.29, 1.82) is 0 Å². The van der Waals surface area contributed by atoms with Crippen LogP contribution in [0.1, 0.15) is 12.5 Å². The highest BCUT2D eigenvalue weighted by molar-refractivity contribution is 7.99. The first kappa shape index (κ1) is 16.1. The minimum absolute atomic E-state index is 0.352. The highest BCUT2D eigenvalue weighted by Gasteiger charge is 2.11. The zero-order valence-electron chi connectivity index (χ0n) is 12.1. The van der Waals surface area contributed by atoms with E-state index >= 15 is 0 Å². The Hall–Kier alpha value is -1.23. The zero-order valence-corrected chi connectivity index (χ0v) is 13.6. The largest absolute Gasteiger partial charge is 0.398 e. The molecule has 0 saturated carbocycles. The number of nitrogen functional groups attached to an aromatic ring is 1. The van der Waals surface area contributed by atoms with E-state index in [4.69, 9.17) is 17.3 Å². The summed E-state index contributed by atoms with van der Waals surface area (Å²) >= 11 is 7.82. The average molecular weight is 322 g/mol. The van der Waals surface area contributed by atoms with Gasteiger partial charge in [-0.15, -0.1) is 11.8 Å². The molecule has 0 aliphatic carbocycles. The van der Waals surface area contributed by atoms with Gasteiger partial charge in [-0.2, -0.15) is 0 Å². The Morgan fingerprint density at radius 3 is 2.95 bits per heavy atom. The van der Waals surface area contributed by atoms with Crippen molar-refractivity contribution in [3.8, 4) is 0 Å². The van der Waals surface area contributed by atoms with Gasteiger partial charge in [0, 0.05) is 39.8 Å². The van der Waals surface area contributed by atoms with E-state index in [-0.39, 0.29) is 0 Å². The second-order valence-corrected chi connectivity index (χ2v) is 6.33. The van der Waals surface area contributed by atoms with Gasteiger partial charge in [-0.1, -0.05) is 24.6 Å². The summed E-state index contributed by atoms with van der Waals surface area (Å²) < 4.78 is 0. The maximum Gasteiger partial charge on any atom is 0.0417 e. The molecule has 21 heavy (non-hydrogen) atoms. The molecule has 0 fully saturated rings. The lowest BCUT2D eigenvalue weighted by Crippen LogP contribution is -2.33. The summed E-state index contributed by atoms with van der Waals surface area (Å²) in [6.07, 6.45) is 4.45. The van der Waals surface area contributed by atoms with E-state index in [1.54, 1.807) is 18.0 Å². The number of nitrogens with zero attached hydrogens (tertiary/aromatic N) is 1. The van der Waals surface area contributed by atoms with Crippen molar-refractivity contribution >= 4 is 29.1 Å². The molecular formula is C16H20ClN3S. The van der Waals surface area contributed by atoms with Crippen molar-refractivity contribution in [1.82, 2.24) is 10.3 Å². The summed E-state index contributed by atoms with van der Waals surface area (Å²) in [6, 6.07) is 10.1. The number of aromatic nitrogens is 1. The summed E-state index contributed by atoms with van der Waals surface area (Å²) in [7, 11) is 0. The maximum absolute atomic E-state index is 6.02. The van der Waals surface area contributed by atoms with Crippen LogP contribution in [0.2, 0.25) is 5.02 Å². The lowest BCUT2D eigenvalue weighted by molar-refractivity contribution is 0.572. The first-order valence-corrected chi connectivity index (χ1v) is 8.35. The number of nitrogens with one attached hydrogen (secondary N) is 1. The van der Waals surface area contributed by atoms with Gasteiger partial charge in [0.05, 0.1) is 0 Å². The first-order chi connectivity index (χ1) is 10.2. The molecule has 0 spiro atoms. The van der Waals surface area contributed by atoms with Gasteiger partial charge in [-0.25, -0.2) is 0 Å². The third-order valence-corrected chi connectivity index (χ3v) is 4.54. The number of nitrogens with two attached hydrogens (primary N) is 1. The summed E-state index contributed by atoms with van der Waals surface area (Å²) in [4.78, 5) is 5.34. The first-order valence-electron chi connectivity index (χ1n) is 6.99. The van der Waals surface area contributed by atoms with E-state index in [9.17, 15) is 0 Å². The maximum atomic E-state index is 6.02. The number of anilines is 1. The fourth-order valence-electron chi connectivity index (χ4n) is 2.11. The summed E-state index contributed by atoms with van der Waals surface area (Å²) in [5.74, 6) is 0.961. The molecule has 1 unspecified atom stereocenters. The standard InChI is InChI=1S/C16H20ClN3S/c1-2-20-14(8-12-10-19-7-6-16(12)18)11-21-15-5-3-4-13(17)9-15/h3-7,9-10,14,20H,2,8,11H2,1H3,(H2,18,19). The van der Waals surface area contributed by atoms with Crippen LogP contribution in [-0.2, 0) is 6.42 Å². The molecule has 0 aliphatic heterocycles. The van der Waals surface area contributed by atoms with Crippen LogP contribution in [0.4, 0.5) is 5.69 Å². The predicted octanol–water partition coefficient (Wildman–Crippen LogP) is 3.63. The minimum Gasteiger partial charge on any atom is -0.398 e. The van der Waals surface area contributed by atoms with Crippen LogP contribution in [-0.4, -0.2) is 23.3 Å². The van der Waals surface area contributed by atoms with Crippen LogP contribution >= 0.6 is 23.4 Å². The van der Waals surface area contributed by atoms with E-state index in [1.807, 2.05) is 30.5 Å². The third-order valence-electron chi connectivity index (χ3n) is 3.15. The number of pyridine rings is 1. The van der Waals surface area contributed by atoms with Gasteiger partial charge in [0.15, 0.2) is 0 Å². The van der Waals surface area contributed by atoms with Gasteiger partial charge >= 0.3 is 0 Å². The molecule has 0 bridgehead atoms. The monoisotopic (exact) mass is 321 g/mol. The summed E-state index contributed by atoms with van der Waals surface area (Å²) in [5, 5.41) is 4.28. The van der Waals surface area contributed by atoms with Gasteiger partial charge in [-0.3, -0.25) is 4.98 Å². The third kappa shape index (κ3) is 5.23. The fourth-order valence-corrected chi connectivity index (χ4v) is 3.38. The van der Waals surface area contributed by atoms with Gasteiger partial charge in [0.1, 0.15) is 0 Å². The van der Waals surface area contributed by atoms with Gasteiger partial charge in [0.25, 0.3) is 0 Å². The molecule has 1 heterocycles. The Morgan fingerprint density at radius 2 is 2.24 bits per heavy atom. The van der Waals surface area contributed by atoms with Crippen molar-refractivity contribution in [3.05, 3.63) is 53.3 Å². The van der Waals surface area contributed by atoms with Gasteiger partial charge in [-0.05, 0) is 42.8 Å². The molecule has 5 heteroatoms. The van der Waals surface area contributed by atoms with E-state index < -0.39 is 0 Å². The summed E-state index contributed by atoms with van der Waals surface area (Å²) in [5.41, 5.74) is 7.90. The topological polar surface area (TPSA) is 50.9 Å². The summed E-state index contributed by atoms with van der Waals surface area (Å²) in [6.45, 7) is 3.05. The SMILES string of the molecule is CCNC(CSc1cccc(Cl)c1)Cc1cnccc1N. The van der Waals surface area contributed by atoms with Crippen LogP contribution in [0.25, 0.3) is 0 Å². The molecule has 3 nitrogen and oxygen atoms in total. The molecule has 1 aromatic heterocycles.